The lowest BCUT2D eigenvalue weighted by Crippen LogP contribution is -2.30. The first-order valence-corrected chi connectivity index (χ1v) is 6.95. The quantitative estimate of drug-likeness (QED) is 0.553. The molecule has 3 nitrogen and oxygen atoms in total. The molecule has 0 spiro atoms. The van der Waals surface area contributed by atoms with Gasteiger partial charge in [-0.25, -0.2) is 0 Å². The van der Waals surface area contributed by atoms with Crippen molar-refractivity contribution in [2.75, 3.05) is 25.6 Å². The Labute approximate surface area is 114 Å². The van der Waals surface area contributed by atoms with Crippen LogP contribution in [0.15, 0.2) is 24.3 Å². The minimum absolute atomic E-state index is 0.424. The number of nitrogens with one attached hydrogen (secondary N) is 1. The first-order valence-electron chi connectivity index (χ1n) is 6.42. The van der Waals surface area contributed by atoms with Gasteiger partial charge in [0.25, 0.3) is 0 Å². The standard InChI is InChI=1S/C14H22ClNO2/c1-3-17-13-6-4-5-7-14(13)18-11-10-16-12(2)8-9-15/h4-7,12,16H,3,8-11H2,1-2H3. The zero-order valence-corrected chi connectivity index (χ0v) is 11.9. The SMILES string of the molecule is CCOc1ccccc1OCCNC(C)CCCl. The minimum atomic E-state index is 0.424. The fraction of sp³-hybridized carbons (Fsp3) is 0.571. The van der Waals surface area contributed by atoms with E-state index in [4.69, 9.17) is 21.1 Å². The molecule has 0 saturated carbocycles. The molecule has 0 saturated heterocycles. The first kappa shape index (κ1) is 15.1. The Morgan fingerprint density at radius 1 is 1.22 bits per heavy atom. The molecule has 102 valence electrons. The number of halogens is 1. The number of ether oxygens (including phenoxy) is 2. The highest BCUT2D eigenvalue weighted by Crippen LogP contribution is 2.25. The van der Waals surface area contributed by atoms with Crippen molar-refractivity contribution in [1.82, 2.24) is 5.32 Å². The van der Waals surface area contributed by atoms with Crippen molar-refractivity contribution >= 4 is 11.6 Å². The number of rotatable bonds is 9. The second kappa shape index (κ2) is 9.06. The maximum Gasteiger partial charge on any atom is 0.161 e. The van der Waals surface area contributed by atoms with E-state index in [9.17, 15) is 0 Å². The van der Waals surface area contributed by atoms with Gasteiger partial charge in [0, 0.05) is 18.5 Å². The summed E-state index contributed by atoms with van der Waals surface area (Å²) in [5.41, 5.74) is 0. The molecule has 1 aromatic rings. The topological polar surface area (TPSA) is 30.5 Å². The molecule has 1 unspecified atom stereocenters. The smallest absolute Gasteiger partial charge is 0.161 e. The van der Waals surface area contributed by atoms with Crippen LogP contribution in [0.2, 0.25) is 0 Å². The molecular formula is C14H22ClNO2. The highest BCUT2D eigenvalue weighted by Gasteiger charge is 2.03. The summed E-state index contributed by atoms with van der Waals surface area (Å²) in [6.07, 6.45) is 0.969. The third-order valence-electron chi connectivity index (χ3n) is 2.54. The number of para-hydroxylation sites is 2. The highest BCUT2D eigenvalue weighted by atomic mass is 35.5. The summed E-state index contributed by atoms with van der Waals surface area (Å²) < 4.78 is 11.2. The number of alkyl halides is 1. The Hall–Kier alpha value is -0.930. The molecule has 0 aliphatic carbocycles. The summed E-state index contributed by atoms with van der Waals surface area (Å²) in [6.45, 7) is 6.16. The molecule has 0 bridgehead atoms. The van der Waals surface area contributed by atoms with Crippen LogP contribution in [0.3, 0.4) is 0 Å². The molecule has 0 aromatic heterocycles. The van der Waals surface area contributed by atoms with Crippen LogP contribution in [0.25, 0.3) is 0 Å². The van der Waals surface area contributed by atoms with E-state index >= 15 is 0 Å². The Bertz CT molecular complexity index is 333. The predicted molar refractivity (Wildman–Crippen MR) is 75.9 cm³/mol. The minimum Gasteiger partial charge on any atom is -0.490 e. The van der Waals surface area contributed by atoms with Crippen LogP contribution in [0.1, 0.15) is 20.3 Å². The van der Waals surface area contributed by atoms with Crippen LogP contribution >= 0.6 is 11.6 Å². The van der Waals surface area contributed by atoms with Gasteiger partial charge < -0.3 is 14.8 Å². The molecule has 1 N–H and O–H groups in total. The van der Waals surface area contributed by atoms with E-state index in [0.717, 1.165) is 24.5 Å². The average Bonchev–Trinajstić information content (AvgIpc) is 2.37. The van der Waals surface area contributed by atoms with Crippen LogP contribution in [0, 0.1) is 0 Å². The number of benzene rings is 1. The lowest BCUT2D eigenvalue weighted by atomic mass is 10.2. The van der Waals surface area contributed by atoms with E-state index in [1.54, 1.807) is 0 Å². The van der Waals surface area contributed by atoms with Crippen LogP contribution in [0.5, 0.6) is 11.5 Å². The van der Waals surface area contributed by atoms with Crippen molar-refractivity contribution in [2.24, 2.45) is 0 Å². The van der Waals surface area contributed by atoms with E-state index in [1.807, 2.05) is 31.2 Å². The maximum atomic E-state index is 5.70. The van der Waals surface area contributed by atoms with E-state index in [2.05, 4.69) is 12.2 Å². The fourth-order valence-corrected chi connectivity index (χ4v) is 1.90. The van der Waals surface area contributed by atoms with Gasteiger partial charge in [0.2, 0.25) is 0 Å². The lowest BCUT2D eigenvalue weighted by Gasteiger charge is -2.14. The molecule has 1 atom stereocenters. The molecule has 0 fully saturated rings. The molecule has 1 rings (SSSR count). The van der Waals surface area contributed by atoms with Crippen molar-refractivity contribution in [3.05, 3.63) is 24.3 Å². The normalized spacial score (nSPS) is 12.2. The lowest BCUT2D eigenvalue weighted by molar-refractivity contribution is 0.272. The van der Waals surface area contributed by atoms with Gasteiger partial charge in [-0.3, -0.25) is 0 Å². The summed E-state index contributed by atoms with van der Waals surface area (Å²) in [4.78, 5) is 0. The second-order valence-electron chi connectivity index (χ2n) is 4.06. The predicted octanol–water partition coefficient (Wildman–Crippen LogP) is 3.07. The van der Waals surface area contributed by atoms with Gasteiger partial charge in [-0.2, -0.15) is 0 Å². The molecule has 0 aliphatic heterocycles. The van der Waals surface area contributed by atoms with Crippen LogP contribution in [-0.2, 0) is 0 Å². The highest BCUT2D eigenvalue weighted by molar-refractivity contribution is 6.17. The van der Waals surface area contributed by atoms with Crippen molar-refractivity contribution in [1.29, 1.82) is 0 Å². The Kier molecular flexibility index (Phi) is 7.62. The van der Waals surface area contributed by atoms with Crippen LogP contribution in [0.4, 0.5) is 0 Å². The summed E-state index contributed by atoms with van der Waals surface area (Å²) in [5.74, 6) is 2.28. The second-order valence-corrected chi connectivity index (χ2v) is 4.44. The molecule has 0 heterocycles. The largest absolute Gasteiger partial charge is 0.490 e. The Morgan fingerprint density at radius 2 is 1.89 bits per heavy atom. The number of hydrogen-bond donors (Lipinski definition) is 1. The molecule has 0 radical (unpaired) electrons. The average molecular weight is 272 g/mol. The van der Waals surface area contributed by atoms with E-state index in [0.29, 0.717) is 25.1 Å². The van der Waals surface area contributed by atoms with Gasteiger partial charge in [0.1, 0.15) is 6.61 Å². The molecule has 18 heavy (non-hydrogen) atoms. The zero-order valence-electron chi connectivity index (χ0n) is 11.1. The van der Waals surface area contributed by atoms with Crippen molar-refractivity contribution < 1.29 is 9.47 Å². The molecular weight excluding hydrogens is 250 g/mol. The van der Waals surface area contributed by atoms with E-state index in [1.165, 1.54) is 0 Å². The number of hydrogen-bond acceptors (Lipinski definition) is 3. The fourth-order valence-electron chi connectivity index (χ4n) is 1.58. The third-order valence-corrected chi connectivity index (χ3v) is 2.76. The summed E-state index contributed by atoms with van der Waals surface area (Å²) in [5, 5.41) is 3.35. The summed E-state index contributed by atoms with van der Waals surface area (Å²) >= 11 is 5.67. The van der Waals surface area contributed by atoms with Gasteiger partial charge >= 0.3 is 0 Å². The molecule has 0 aliphatic rings. The van der Waals surface area contributed by atoms with Crippen molar-refractivity contribution in [3.63, 3.8) is 0 Å². The maximum absolute atomic E-state index is 5.70. The van der Waals surface area contributed by atoms with Crippen LogP contribution < -0.4 is 14.8 Å². The van der Waals surface area contributed by atoms with Crippen molar-refractivity contribution in [3.8, 4) is 11.5 Å². The third kappa shape index (κ3) is 5.61. The van der Waals surface area contributed by atoms with Gasteiger partial charge in [-0.05, 0) is 32.4 Å². The van der Waals surface area contributed by atoms with Gasteiger partial charge in [0.15, 0.2) is 11.5 Å². The Balaban J connectivity index is 2.30. The molecule has 1 aromatic carbocycles. The zero-order chi connectivity index (χ0) is 13.2. The summed E-state index contributed by atoms with van der Waals surface area (Å²) in [6, 6.07) is 8.16. The Morgan fingerprint density at radius 3 is 2.50 bits per heavy atom. The van der Waals surface area contributed by atoms with Crippen molar-refractivity contribution in [2.45, 2.75) is 26.3 Å². The van der Waals surface area contributed by atoms with Gasteiger partial charge in [0.05, 0.1) is 6.61 Å². The van der Waals surface area contributed by atoms with Gasteiger partial charge in [-0.1, -0.05) is 12.1 Å². The molecule has 0 amide bonds. The monoisotopic (exact) mass is 271 g/mol. The summed E-state index contributed by atoms with van der Waals surface area (Å²) in [7, 11) is 0. The molecule has 4 heteroatoms. The van der Waals surface area contributed by atoms with Crippen LogP contribution in [-0.4, -0.2) is 31.7 Å². The van der Waals surface area contributed by atoms with E-state index in [-0.39, 0.29) is 0 Å². The van der Waals surface area contributed by atoms with Gasteiger partial charge in [-0.15, -0.1) is 11.6 Å². The van der Waals surface area contributed by atoms with E-state index < -0.39 is 0 Å². The first-order chi connectivity index (χ1) is 8.77.